The Morgan fingerprint density at radius 2 is 1.72 bits per heavy atom. The maximum atomic E-state index is 14.0. The van der Waals surface area contributed by atoms with Crippen LogP contribution in [0.1, 0.15) is 15.9 Å². The molecule has 5 heteroatoms. The lowest BCUT2D eigenvalue weighted by atomic mass is 10.0. The minimum absolute atomic E-state index is 0.0257. The monoisotopic (exact) mass is 340 g/mol. The molecule has 0 unspecified atom stereocenters. The summed E-state index contributed by atoms with van der Waals surface area (Å²) >= 11 is 0. The highest BCUT2D eigenvalue weighted by Gasteiger charge is 2.15. The number of carboxylic acid groups (broad SMARTS) is 1. The predicted octanol–water partition coefficient (Wildman–Crippen LogP) is 4.91. The Balaban J connectivity index is 1.95. The second kappa shape index (κ2) is 7.13. The molecular formula is C20H14F2O3. The van der Waals surface area contributed by atoms with E-state index >= 15 is 0 Å². The van der Waals surface area contributed by atoms with Crippen molar-refractivity contribution in [3.63, 3.8) is 0 Å². The van der Waals surface area contributed by atoms with Crippen molar-refractivity contribution in [1.82, 2.24) is 0 Å². The van der Waals surface area contributed by atoms with E-state index in [2.05, 4.69) is 0 Å². The predicted molar refractivity (Wildman–Crippen MR) is 89.5 cm³/mol. The van der Waals surface area contributed by atoms with E-state index in [9.17, 15) is 18.7 Å². The van der Waals surface area contributed by atoms with Crippen molar-refractivity contribution in [3.8, 4) is 16.9 Å². The van der Waals surface area contributed by atoms with E-state index in [0.29, 0.717) is 5.56 Å². The van der Waals surface area contributed by atoms with Crippen molar-refractivity contribution in [2.75, 3.05) is 0 Å². The number of rotatable bonds is 5. The van der Waals surface area contributed by atoms with Gasteiger partial charge in [0.2, 0.25) is 0 Å². The zero-order chi connectivity index (χ0) is 17.8. The standard InChI is InChI=1S/C20H14F2O3/c21-15-7-9-16(18(22)11-15)14-6-8-17(20(23)24)19(10-14)25-12-13-4-2-1-3-5-13/h1-11H,12H2,(H,23,24). The third kappa shape index (κ3) is 3.83. The number of aromatic carboxylic acids is 1. The van der Waals surface area contributed by atoms with Gasteiger partial charge in [-0.05, 0) is 35.4 Å². The van der Waals surface area contributed by atoms with Crippen LogP contribution in [0, 0.1) is 11.6 Å². The molecule has 0 aromatic heterocycles. The molecule has 0 radical (unpaired) electrons. The van der Waals surface area contributed by atoms with Gasteiger partial charge in [0.15, 0.2) is 0 Å². The van der Waals surface area contributed by atoms with Gasteiger partial charge in [0.05, 0.1) is 0 Å². The molecule has 0 amide bonds. The van der Waals surface area contributed by atoms with E-state index in [1.165, 1.54) is 24.3 Å². The lowest BCUT2D eigenvalue weighted by molar-refractivity contribution is 0.0692. The van der Waals surface area contributed by atoms with Crippen LogP contribution in [0.15, 0.2) is 66.7 Å². The molecule has 0 saturated carbocycles. The van der Waals surface area contributed by atoms with Crippen LogP contribution >= 0.6 is 0 Å². The van der Waals surface area contributed by atoms with Gasteiger partial charge in [-0.2, -0.15) is 0 Å². The van der Waals surface area contributed by atoms with Gasteiger partial charge in [-0.25, -0.2) is 13.6 Å². The van der Waals surface area contributed by atoms with E-state index in [4.69, 9.17) is 4.74 Å². The Bertz CT molecular complexity index is 908. The Hall–Kier alpha value is -3.21. The van der Waals surface area contributed by atoms with Crippen LogP contribution in [-0.2, 0) is 6.61 Å². The van der Waals surface area contributed by atoms with Crippen molar-refractivity contribution < 1.29 is 23.4 Å². The number of carboxylic acids is 1. The fraction of sp³-hybridized carbons (Fsp3) is 0.0500. The number of carbonyl (C=O) groups is 1. The molecule has 0 saturated heterocycles. The van der Waals surface area contributed by atoms with Crippen LogP contribution in [0.25, 0.3) is 11.1 Å². The number of benzene rings is 3. The molecule has 0 aliphatic rings. The summed E-state index contributed by atoms with van der Waals surface area (Å²) in [5.41, 5.74) is 1.42. The molecule has 25 heavy (non-hydrogen) atoms. The van der Waals surface area contributed by atoms with Crippen molar-refractivity contribution >= 4 is 5.97 Å². The van der Waals surface area contributed by atoms with Gasteiger partial charge in [0, 0.05) is 11.6 Å². The number of hydrogen-bond acceptors (Lipinski definition) is 2. The lowest BCUT2D eigenvalue weighted by Gasteiger charge is -2.12. The molecule has 0 spiro atoms. The molecule has 0 atom stereocenters. The van der Waals surface area contributed by atoms with Crippen molar-refractivity contribution in [1.29, 1.82) is 0 Å². The second-order valence-corrected chi connectivity index (χ2v) is 5.41. The third-order valence-corrected chi connectivity index (χ3v) is 3.69. The zero-order valence-corrected chi connectivity index (χ0v) is 13.1. The van der Waals surface area contributed by atoms with Crippen LogP contribution in [0.2, 0.25) is 0 Å². The summed E-state index contributed by atoms with van der Waals surface area (Å²) in [7, 11) is 0. The van der Waals surface area contributed by atoms with Gasteiger partial charge in [-0.3, -0.25) is 0 Å². The van der Waals surface area contributed by atoms with E-state index in [0.717, 1.165) is 17.7 Å². The molecule has 0 aliphatic carbocycles. The van der Waals surface area contributed by atoms with Gasteiger partial charge in [-0.15, -0.1) is 0 Å². The smallest absolute Gasteiger partial charge is 0.339 e. The SMILES string of the molecule is O=C(O)c1ccc(-c2ccc(F)cc2F)cc1OCc1ccccc1. The maximum absolute atomic E-state index is 14.0. The highest BCUT2D eigenvalue weighted by molar-refractivity contribution is 5.92. The van der Waals surface area contributed by atoms with Crippen LogP contribution in [0.3, 0.4) is 0 Å². The molecule has 1 N–H and O–H groups in total. The summed E-state index contributed by atoms with van der Waals surface area (Å²) < 4.78 is 32.7. The second-order valence-electron chi connectivity index (χ2n) is 5.41. The Morgan fingerprint density at radius 3 is 2.40 bits per heavy atom. The third-order valence-electron chi connectivity index (χ3n) is 3.69. The summed E-state index contributed by atoms with van der Waals surface area (Å²) in [6, 6.07) is 16.8. The molecule has 3 nitrogen and oxygen atoms in total. The molecule has 0 heterocycles. The quantitative estimate of drug-likeness (QED) is 0.718. The maximum Gasteiger partial charge on any atom is 0.339 e. The van der Waals surface area contributed by atoms with E-state index in [-0.39, 0.29) is 23.5 Å². The molecular weight excluding hydrogens is 326 g/mol. The number of halogens is 2. The van der Waals surface area contributed by atoms with Gasteiger partial charge < -0.3 is 9.84 Å². The van der Waals surface area contributed by atoms with Crippen molar-refractivity contribution in [2.24, 2.45) is 0 Å². The van der Waals surface area contributed by atoms with E-state index in [1.807, 2.05) is 30.3 Å². The molecule has 3 rings (SSSR count). The highest BCUT2D eigenvalue weighted by Crippen LogP contribution is 2.30. The molecule has 3 aromatic carbocycles. The summed E-state index contributed by atoms with van der Waals surface area (Å²) in [6.45, 7) is 0.177. The molecule has 0 fully saturated rings. The summed E-state index contributed by atoms with van der Waals surface area (Å²) in [5.74, 6) is -2.42. The van der Waals surface area contributed by atoms with Gasteiger partial charge in [0.25, 0.3) is 0 Å². The van der Waals surface area contributed by atoms with Crippen LogP contribution < -0.4 is 4.74 Å². The summed E-state index contributed by atoms with van der Waals surface area (Å²) in [5, 5.41) is 9.31. The first kappa shape index (κ1) is 16.6. The first-order valence-electron chi connectivity index (χ1n) is 7.54. The van der Waals surface area contributed by atoms with Gasteiger partial charge >= 0.3 is 5.97 Å². The summed E-state index contributed by atoms with van der Waals surface area (Å²) in [6.07, 6.45) is 0. The minimum Gasteiger partial charge on any atom is -0.488 e. The molecule has 3 aromatic rings. The first-order valence-corrected chi connectivity index (χ1v) is 7.54. The Labute approximate surface area is 143 Å². The van der Waals surface area contributed by atoms with Crippen molar-refractivity contribution in [3.05, 3.63) is 89.5 Å². The largest absolute Gasteiger partial charge is 0.488 e. The van der Waals surface area contributed by atoms with Crippen LogP contribution in [-0.4, -0.2) is 11.1 Å². The number of ether oxygens (including phenoxy) is 1. The van der Waals surface area contributed by atoms with E-state index < -0.39 is 17.6 Å². The van der Waals surface area contributed by atoms with E-state index in [1.54, 1.807) is 0 Å². The highest BCUT2D eigenvalue weighted by atomic mass is 19.1. The zero-order valence-electron chi connectivity index (χ0n) is 13.1. The molecule has 126 valence electrons. The lowest BCUT2D eigenvalue weighted by Crippen LogP contribution is -2.04. The number of hydrogen-bond donors (Lipinski definition) is 1. The average Bonchev–Trinajstić information content (AvgIpc) is 2.60. The molecule has 0 aliphatic heterocycles. The normalized spacial score (nSPS) is 10.5. The van der Waals surface area contributed by atoms with Gasteiger partial charge in [-0.1, -0.05) is 36.4 Å². The topological polar surface area (TPSA) is 46.5 Å². The van der Waals surface area contributed by atoms with Crippen molar-refractivity contribution in [2.45, 2.75) is 6.61 Å². The van der Waals surface area contributed by atoms with Crippen LogP contribution in [0.4, 0.5) is 8.78 Å². The van der Waals surface area contributed by atoms with Crippen LogP contribution in [0.5, 0.6) is 5.75 Å². The average molecular weight is 340 g/mol. The first-order chi connectivity index (χ1) is 12.0. The minimum atomic E-state index is -1.14. The Kier molecular flexibility index (Phi) is 4.75. The fourth-order valence-electron chi connectivity index (χ4n) is 2.44. The molecule has 0 bridgehead atoms. The Morgan fingerprint density at radius 1 is 0.960 bits per heavy atom. The summed E-state index contributed by atoms with van der Waals surface area (Å²) in [4.78, 5) is 11.4. The fourth-order valence-corrected chi connectivity index (χ4v) is 2.44. The van der Waals surface area contributed by atoms with Gasteiger partial charge in [0.1, 0.15) is 29.6 Å².